The fourth-order valence-electron chi connectivity index (χ4n) is 3.00. The summed E-state index contributed by atoms with van der Waals surface area (Å²) in [6, 6.07) is 21.5. The zero-order chi connectivity index (χ0) is 25.3. The van der Waals surface area contributed by atoms with E-state index in [2.05, 4.69) is 10.0 Å². The van der Waals surface area contributed by atoms with Crippen LogP contribution in [0.2, 0.25) is 0 Å². The molecule has 1 amide bonds. The van der Waals surface area contributed by atoms with Gasteiger partial charge >= 0.3 is 5.97 Å². The lowest BCUT2D eigenvalue weighted by Gasteiger charge is -2.13. The van der Waals surface area contributed by atoms with Crippen LogP contribution in [0.3, 0.4) is 0 Å². The molecule has 0 bridgehead atoms. The van der Waals surface area contributed by atoms with E-state index in [0.29, 0.717) is 23.5 Å². The number of unbranched alkanes of at least 4 members (excludes halogenated alkanes) is 1. The van der Waals surface area contributed by atoms with Gasteiger partial charge in [0.1, 0.15) is 0 Å². The van der Waals surface area contributed by atoms with Crippen molar-refractivity contribution in [2.45, 2.75) is 41.7 Å². The number of ether oxygens (including phenoxy) is 1. The predicted molar refractivity (Wildman–Crippen MR) is 139 cm³/mol. The van der Waals surface area contributed by atoms with Crippen LogP contribution >= 0.6 is 11.8 Å². The van der Waals surface area contributed by atoms with Crippen molar-refractivity contribution in [3.63, 3.8) is 0 Å². The highest BCUT2D eigenvalue weighted by atomic mass is 32.2. The number of amides is 1. The van der Waals surface area contributed by atoms with E-state index in [1.54, 1.807) is 73.7 Å². The van der Waals surface area contributed by atoms with E-state index in [1.165, 1.54) is 23.9 Å². The summed E-state index contributed by atoms with van der Waals surface area (Å²) in [6.07, 6.45) is 1.77. The summed E-state index contributed by atoms with van der Waals surface area (Å²) >= 11 is 1.35. The van der Waals surface area contributed by atoms with E-state index in [-0.39, 0.29) is 16.8 Å². The Balaban J connectivity index is 1.52. The SMILES string of the molecule is CCCCOC(=O)c1ccc(NC(=O)C(C)Sc2ccc(NS(=O)(=O)c3ccccc3)cc2)cc1. The summed E-state index contributed by atoms with van der Waals surface area (Å²) < 4.78 is 32.6. The number of sulfonamides is 1. The first-order valence-electron chi connectivity index (χ1n) is 11.2. The van der Waals surface area contributed by atoms with Gasteiger partial charge < -0.3 is 10.1 Å². The van der Waals surface area contributed by atoms with E-state index in [0.717, 1.165) is 17.7 Å². The van der Waals surface area contributed by atoms with Gasteiger partial charge in [-0.25, -0.2) is 13.2 Å². The third kappa shape index (κ3) is 7.87. The molecular formula is C26H28N2O5S2. The van der Waals surface area contributed by atoms with Crippen LogP contribution in [-0.2, 0) is 19.6 Å². The molecule has 0 aliphatic heterocycles. The molecule has 0 fully saturated rings. The molecule has 7 nitrogen and oxygen atoms in total. The maximum atomic E-state index is 12.6. The molecule has 184 valence electrons. The standard InChI is InChI=1S/C26H28N2O5S2/c1-3-4-18-33-26(30)20-10-12-21(13-11-20)27-25(29)19(2)34-23-16-14-22(15-17-23)28-35(31,32)24-8-6-5-7-9-24/h5-17,19,28H,3-4,18H2,1-2H3,(H,27,29). The van der Waals surface area contributed by atoms with Crippen molar-refractivity contribution in [1.29, 1.82) is 0 Å². The topological polar surface area (TPSA) is 102 Å². The lowest BCUT2D eigenvalue weighted by atomic mass is 10.2. The molecule has 3 rings (SSSR count). The summed E-state index contributed by atoms with van der Waals surface area (Å²) in [6.45, 7) is 4.20. The normalized spacial score (nSPS) is 11.9. The average molecular weight is 513 g/mol. The van der Waals surface area contributed by atoms with Crippen LogP contribution in [0.5, 0.6) is 0 Å². The smallest absolute Gasteiger partial charge is 0.338 e. The number of carbonyl (C=O) groups excluding carboxylic acids is 2. The molecule has 3 aromatic rings. The Labute approximate surface area is 210 Å². The zero-order valence-corrected chi connectivity index (χ0v) is 21.2. The van der Waals surface area contributed by atoms with Gasteiger partial charge in [-0.15, -0.1) is 11.8 Å². The van der Waals surface area contributed by atoms with Gasteiger partial charge in [0.2, 0.25) is 5.91 Å². The Morgan fingerprint density at radius 1 is 0.914 bits per heavy atom. The van der Waals surface area contributed by atoms with Gasteiger partial charge in [-0.05, 0) is 74.0 Å². The molecule has 0 spiro atoms. The Bertz CT molecular complexity index is 1230. The van der Waals surface area contributed by atoms with E-state index in [4.69, 9.17) is 4.74 Å². The third-order valence-corrected chi connectivity index (χ3v) is 7.47. The molecule has 1 atom stereocenters. The second-order valence-electron chi connectivity index (χ2n) is 7.76. The Hall–Kier alpha value is -3.30. The van der Waals surface area contributed by atoms with Crippen molar-refractivity contribution in [3.8, 4) is 0 Å². The Morgan fingerprint density at radius 2 is 1.54 bits per heavy atom. The fraction of sp³-hybridized carbons (Fsp3) is 0.231. The molecule has 1 unspecified atom stereocenters. The number of hydrogen-bond acceptors (Lipinski definition) is 6. The lowest BCUT2D eigenvalue weighted by molar-refractivity contribution is -0.115. The Kier molecular flexibility index (Phi) is 9.33. The van der Waals surface area contributed by atoms with E-state index >= 15 is 0 Å². The van der Waals surface area contributed by atoms with E-state index in [9.17, 15) is 18.0 Å². The number of thioether (sulfide) groups is 1. The van der Waals surface area contributed by atoms with Crippen LogP contribution in [-0.4, -0.2) is 32.2 Å². The molecule has 0 aliphatic rings. The average Bonchev–Trinajstić information content (AvgIpc) is 2.86. The van der Waals surface area contributed by atoms with Crippen LogP contribution < -0.4 is 10.0 Å². The number of carbonyl (C=O) groups is 2. The minimum Gasteiger partial charge on any atom is -0.462 e. The molecule has 0 heterocycles. The van der Waals surface area contributed by atoms with Gasteiger partial charge in [0, 0.05) is 16.3 Å². The van der Waals surface area contributed by atoms with Gasteiger partial charge in [-0.3, -0.25) is 9.52 Å². The van der Waals surface area contributed by atoms with Crippen molar-refractivity contribution in [2.24, 2.45) is 0 Å². The number of esters is 1. The number of rotatable bonds is 11. The van der Waals surface area contributed by atoms with Crippen molar-refractivity contribution < 1.29 is 22.7 Å². The molecule has 0 saturated heterocycles. The second-order valence-corrected chi connectivity index (χ2v) is 10.9. The maximum Gasteiger partial charge on any atom is 0.338 e. The van der Waals surface area contributed by atoms with Crippen LogP contribution in [0.25, 0.3) is 0 Å². The summed E-state index contributed by atoms with van der Waals surface area (Å²) in [5, 5.41) is 2.44. The predicted octanol–water partition coefficient (Wildman–Crippen LogP) is 5.56. The van der Waals surface area contributed by atoms with Crippen LogP contribution in [0.15, 0.2) is 88.7 Å². The quantitative estimate of drug-likeness (QED) is 0.198. The molecule has 0 radical (unpaired) electrons. The molecule has 2 N–H and O–H groups in total. The highest BCUT2D eigenvalue weighted by Gasteiger charge is 2.16. The van der Waals surface area contributed by atoms with Crippen molar-refractivity contribution in [2.75, 3.05) is 16.6 Å². The molecule has 35 heavy (non-hydrogen) atoms. The van der Waals surface area contributed by atoms with Gasteiger partial charge in [0.25, 0.3) is 10.0 Å². The minimum atomic E-state index is -3.66. The minimum absolute atomic E-state index is 0.185. The van der Waals surface area contributed by atoms with E-state index < -0.39 is 15.3 Å². The summed E-state index contributed by atoms with van der Waals surface area (Å²) in [7, 11) is -3.66. The first kappa shape index (κ1) is 26.3. The number of hydrogen-bond donors (Lipinski definition) is 2. The van der Waals surface area contributed by atoms with Crippen molar-refractivity contribution in [3.05, 3.63) is 84.4 Å². The lowest BCUT2D eigenvalue weighted by Crippen LogP contribution is -2.22. The van der Waals surface area contributed by atoms with Crippen molar-refractivity contribution in [1.82, 2.24) is 0 Å². The number of anilines is 2. The first-order valence-corrected chi connectivity index (χ1v) is 13.6. The molecular weight excluding hydrogens is 484 g/mol. The second kappa shape index (κ2) is 12.4. The summed E-state index contributed by atoms with van der Waals surface area (Å²) in [5.41, 5.74) is 1.45. The fourth-order valence-corrected chi connectivity index (χ4v) is 4.95. The van der Waals surface area contributed by atoms with Crippen molar-refractivity contribution >= 4 is 45.0 Å². The largest absolute Gasteiger partial charge is 0.462 e. The molecule has 0 saturated carbocycles. The van der Waals surface area contributed by atoms with E-state index in [1.807, 2.05) is 6.92 Å². The summed E-state index contributed by atoms with van der Waals surface area (Å²) in [5.74, 6) is -0.572. The number of nitrogens with one attached hydrogen (secondary N) is 2. The van der Waals surface area contributed by atoms with Gasteiger partial charge in [-0.1, -0.05) is 31.5 Å². The molecule has 3 aromatic carbocycles. The molecule has 0 aliphatic carbocycles. The monoisotopic (exact) mass is 512 g/mol. The maximum absolute atomic E-state index is 12.6. The Morgan fingerprint density at radius 3 is 2.17 bits per heavy atom. The van der Waals surface area contributed by atoms with Gasteiger partial charge in [-0.2, -0.15) is 0 Å². The van der Waals surface area contributed by atoms with Crippen LogP contribution in [0.1, 0.15) is 37.0 Å². The number of benzene rings is 3. The van der Waals surface area contributed by atoms with Gasteiger partial charge in [0.15, 0.2) is 0 Å². The molecule has 0 aromatic heterocycles. The van der Waals surface area contributed by atoms with Gasteiger partial charge in [0.05, 0.1) is 22.3 Å². The highest BCUT2D eigenvalue weighted by Crippen LogP contribution is 2.26. The summed E-state index contributed by atoms with van der Waals surface area (Å²) in [4.78, 5) is 25.6. The first-order chi connectivity index (χ1) is 16.8. The van der Waals surface area contributed by atoms with Crippen LogP contribution in [0, 0.1) is 0 Å². The van der Waals surface area contributed by atoms with Crippen LogP contribution in [0.4, 0.5) is 11.4 Å². The molecule has 9 heteroatoms. The zero-order valence-electron chi connectivity index (χ0n) is 19.6. The highest BCUT2D eigenvalue weighted by molar-refractivity contribution is 8.00. The third-order valence-electron chi connectivity index (χ3n) is 4.96.